The van der Waals surface area contributed by atoms with Crippen LogP contribution in [0.3, 0.4) is 0 Å². The molecule has 4 aromatic rings. The molecule has 7 heteroatoms. The van der Waals surface area contributed by atoms with Crippen LogP contribution in [0.4, 0.5) is 15.2 Å². The van der Waals surface area contributed by atoms with E-state index in [9.17, 15) is 9.18 Å². The molecule has 0 bridgehead atoms. The van der Waals surface area contributed by atoms with Crippen molar-refractivity contribution in [1.29, 1.82) is 0 Å². The summed E-state index contributed by atoms with van der Waals surface area (Å²) in [6, 6.07) is 15.4. The van der Waals surface area contributed by atoms with E-state index < -0.39 is 0 Å². The number of aromatic nitrogens is 1. The molecule has 33 heavy (non-hydrogen) atoms. The van der Waals surface area contributed by atoms with Crippen LogP contribution < -0.4 is 10.6 Å². The number of hydrogen-bond donors (Lipinski definition) is 2. The van der Waals surface area contributed by atoms with Crippen molar-refractivity contribution in [2.24, 2.45) is 0 Å². The fourth-order valence-electron chi connectivity index (χ4n) is 4.31. The van der Waals surface area contributed by atoms with E-state index in [2.05, 4.69) is 15.6 Å². The number of halogens is 1. The lowest BCUT2D eigenvalue weighted by Crippen LogP contribution is -2.19. The summed E-state index contributed by atoms with van der Waals surface area (Å²) >= 11 is 1.62. The maximum Gasteiger partial charge on any atom is 0.291 e. The molecule has 0 fully saturated rings. The molecular formula is C26H24FN3O2S. The normalized spacial score (nSPS) is 13.9. The first-order valence-electron chi connectivity index (χ1n) is 11.0. The van der Waals surface area contributed by atoms with E-state index >= 15 is 0 Å². The average molecular weight is 462 g/mol. The number of pyridine rings is 1. The van der Waals surface area contributed by atoms with Crippen molar-refractivity contribution in [3.8, 4) is 0 Å². The van der Waals surface area contributed by atoms with Gasteiger partial charge < -0.3 is 15.1 Å². The smallest absolute Gasteiger partial charge is 0.291 e. The lowest BCUT2D eigenvalue weighted by atomic mass is 9.89. The second-order valence-electron chi connectivity index (χ2n) is 8.18. The van der Waals surface area contributed by atoms with Gasteiger partial charge in [0.05, 0.1) is 12.3 Å². The largest absolute Gasteiger partial charge is 0.459 e. The van der Waals surface area contributed by atoms with Crippen LogP contribution in [0.1, 0.15) is 56.7 Å². The third-order valence-electron chi connectivity index (χ3n) is 5.86. The number of nitrogens with zero attached hydrogens (tertiary/aromatic N) is 1. The van der Waals surface area contributed by atoms with Gasteiger partial charge in [-0.1, -0.05) is 18.2 Å². The third kappa shape index (κ3) is 4.54. The van der Waals surface area contributed by atoms with E-state index in [4.69, 9.17) is 4.42 Å². The Morgan fingerprint density at radius 2 is 1.91 bits per heavy atom. The van der Waals surface area contributed by atoms with Crippen LogP contribution in [0, 0.1) is 12.7 Å². The molecule has 1 amide bonds. The van der Waals surface area contributed by atoms with E-state index in [0.29, 0.717) is 0 Å². The standard InChI is InChI=1S/C26H24FN3O2S/c1-16-6-4-10-22(28-16)29-24(17-11-13-18(27)14-12-17)23-19-7-2-3-9-21(19)33-26(23)30-25(31)20-8-5-15-32-20/h4-6,8,10-15,24H,2-3,7,9H2,1H3,(H,28,29)(H,30,31). The second-order valence-corrected chi connectivity index (χ2v) is 9.28. The number of rotatable bonds is 6. The van der Waals surface area contributed by atoms with E-state index in [1.165, 1.54) is 28.8 Å². The maximum absolute atomic E-state index is 13.8. The van der Waals surface area contributed by atoms with Gasteiger partial charge in [0.15, 0.2) is 5.76 Å². The number of benzene rings is 1. The summed E-state index contributed by atoms with van der Waals surface area (Å²) in [5, 5.41) is 7.42. The lowest BCUT2D eigenvalue weighted by molar-refractivity contribution is 0.0997. The number of hydrogen-bond acceptors (Lipinski definition) is 5. The van der Waals surface area contributed by atoms with Gasteiger partial charge in [-0.25, -0.2) is 9.37 Å². The van der Waals surface area contributed by atoms with Crippen molar-refractivity contribution in [3.05, 3.63) is 99.7 Å². The number of amides is 1. The summed E-state index contributed by atoms with van der Waals surface area (Å²) in [4.78, 5) is 18.8. The summed E-state index contributed by atoms with van der Waals surface area (Å²) in [5.41, 5.74) is 4.08. The molecule has 5 nitrogen and oxygen atoms in total. The van der Waals surface area contributed by atoms with Gasteiger partial charge in [0.2, 0.25) is 0 Å². The number of furan rings is 1. The zero-order valence-electron chi connectivity index (χ0n) is 18.2. The molecule has 0 spiro atoms. The van der Waals surface area contributed by atoms with E-state index in [1.54, 1.807) is 35.6 Å². The highest BCUT2D eigenvalue weighted by Gasteiger charge is 2.29. The number of carbonyl (C=O) groups is 1. The number of fused-ring (bicyclic) bond motifs is 1. The van der Waals surface area contributed by atoms with Crippen LogP contribution in [0.2, 0.25) is 0 Å². The Morgan fingerprint density at radius 1 is 1.09 bits per heavy atom. The summed E-state index contributed by atoms with van der Waals surface area (Å²) in [6.45, 7) is 1.94. The number of nitrogens with one attached hydrogen (secondary N) is 2. The Morgan fingerprint density at radius 3 is 2.67 bits per heavy atom. The molecule has 1 aliphatic carbocycles. The molecule has 0 aliphatic heterocycles. The predicted molar refractivity (Wildman–Crippen MR) is 128 cm³/mol. The average Bonchev–Trinajstić information content (AvgIpc) is 3.47. The van der Waals surface area contributed by atoms with Gasteiger partial charge in [-0.15, -0.1) is 11.3 Å². The van der Waals surface area contributed by atoms with Crippen LogP contribution in [-0.2, 0) is 12.8 Å². The maximum atomic E-state index is 13.8. The van der Waals surface area contributed by atoms with Crippen molar-refractivity contribution < 1.29 is 13.6 Å². The Bertz CT molecular complexity index is 1270. The van der Waals surface area contributed by atoms with Crippen LogP contribution in [0.25, 0.3) is 0 Å². The molecular weight excluding hydrogens is 437 g/mol. The monoisotopic (exact) mass is 461 g/mol. The van der Waals surface area contributed by atoms with Crippen molar-refractivity contribution in [1.82, 2.24) is 4.98 Å². The molecule has 0 saturated carbocycles. The highest BCUT2D eigenvalue weighted by atomic mass is 32.1. The molecule has 0 saturated heterocycles. The number of aryl methyl sites for hydroxylation is 2. The van der Waals surface area contributed by atoms with E-state index in [-0.39, 0.29) is 23.5 Å². The fourth-order valence-corrected chi connectivity index (χ4v) is 5.63. The summed E-state index contributed by atoms with van der Waals surface area (Å²) in [5.74, 6) is 0.415. The van der Waals surface area contributed by atoms with Crippen LogP contribution in [-0.4, -0.2) is 10.9 Å². The Kier molecular flexibility index (Phi) is 5.96. The molecule has 1 atom stereocenters. The van der Waals surface area contributed by atoms with Crippen molar-refractivity contribution in [2.75, 3.05) is 10.6 Å². The minimum atomic E-state index is -0.301. The van der Waals surface area contributed by atoms with Gasteiger partial charge in [0.1, 0.15) is 16.6 Å². The fraction of sp³-hybridized carbons (Fsp3) is 0.231. The molecule has 3 aromatic heterocycles. The van der Waals surface area contributed by atoms with Gasteiger partial charge in [-0.3, -0.25) is 4.79 Å². The van der Waals surface area contributed by atoms with E-state index in [1.807, 2.05) is 25.1 Å². The summed E-state index contributed by atoms with van der Waals surface area (Å²) in [7, 11) is 0. The quantitative estimate of drug-likeness (QED) is 0.343. The number of anilines is 2. The minimum Gasteiger partial charge on any atom is -0.459 e. The molecule has 2 N–H and O–H groups in total. The Hall–Kier alpha value is -3.45. The SMILES string of the molecule is Cc1cccc(NC(c2ccc(F)cc2)c2c(NC(=O)c3ccco3)sc3c2CCCC3)n1. The predicted octanol–water partition coefficient (Wildman–Crippen LogP) is 6.52. The van der Waals surface area contributed by atoms with Crippen molar-refractivity contribution >= 4 is 28.1 Å². The highest BCUT2D eigenvalue weighted by molar-refractivity contribution is 7.16. The first-order valence-corrected chi connectivity index (χ1v) is 11.8. The lowest BCUT2D eigenvalue weighted by Gasteiger charge is -2.24. The molecule has 3 heterocycles. The molecule has 0 radical (unpaired) electrons. The van der Waals surface area contributed by atoms with E-state index in [0.717, 1.165) is 53.3 Å². The topological polar surface area (TPSA) is 67.2 Å². The third-order valence-corrected chi connectivity index (χ3v) is 7.08. The van der Waals surface area contributed by atoms with Crippen LogP contribution in [0.15, 0.2) is 65.3 Å². The van der Waals surface area contributed by atoms with Gasteiger partial charge in [0.25, 0.3) is 5.91 Å². The molecule has 1 aromatic carbocycles. The molecule has 1 aliphatic rings. The highest BCUT2D eigenvalue weighted by Crippen LogP contribution is 2.44. The summed E-state index contributed by atoms with van der Waals surface area (Å²) in [6.07, 6.45) is 5.65. The Balaban J connectivity index is 1.61. The molecule has 168 valence electrons. The molecule has 1 unspecified atom stereocenters. The minimum absolute atomic E-state index is 0.263. The zero-order chi connectivity index (χ0) is 22.8. The second kappa shape index (κ2) is 9.19. The first-order chi connectivity index (χ1) is 16.1. The number of carbonyl (C=O) groups excluding carboxylic acids is 1. The first kappa shape index (κ1) is 21.4. The van der Waals surface area contributed by atoms with Gasteiger partial charge in [-0.05, 0) is 80.1 Å². The van der Waals surface area contributed by atoms with Crippen molar-refractivity contribution in [2.45, 2.75) is 38.6 Å². The van der Waals surface area contributed by atoms with Crippen molar-refractivity contribution in [3.63, 3.8) is 0 Å². The van der Waals surface area contributed by atoms with Gasteiger partial charge in [-0.2, -0.15) is 0 Å². The Labute approximate surface area is 195 Å². The van der Waals surface area contributed by atoms with Crippen LogP contribution >= 0.6 is 11.3 Å². The number of thiophene rings is 1. The van der Waals surface area contributed by atoms with Gasteiger partial charge in [0, 0.05) is 16.1 Å². The summed E-state index contributed by atoms with van der Waals surface area (Å²) < 4.78 is 19.1. The zero-order valence-corrected chi connectivity index (χ0v) is 19.0. The van der Waals surface area contributed by atoms with Crippen LogP contribution in [0.5, 0.6) is 0 Å². The molecule has 5 rings (SSSR count). The van der Waals surface area contributed by atoms with Gasteiger partial charge >= 0.3 is 0 Å².